The second-order valence-electron chi connectivity index (χ2n) is 7.49. The van der Waals surface area contributed by atoms with E-state index < -0.39 is 9.84 Å². The molecule has 1 aromatic rings. The predicted octanol–water partition coefficient (Wildman–Crippen LogP) is 2.98. The van der Waals surface area contributed by atoms with E-state index in [1.807, 2.05) is 7.05 Å². The number of hydrogen-bond acceptors (Lipinski definition) is 4. The molecule has 7 heteroatoms. The minimum absolute atomic E-state index is 0.0258. The molecular formula is C21H32N2O4S. The molecule has 0 unspecified atom stereocenters. The molecule has 1 saturated heterocycles. The van der Waals surface area contributed by atoms with Crippen molar-refractivity contribution in [1.29, 1.82) is 0 Å². The molecule has 28 heavy (non-hydrogen) atoms. The number of amides is 2. The largest absolute Gasteiger partial charge is 0.346 e. The van der Waals surface area contributed by atoms with Crippen LogP contribution in [0.25, 0.3) is 0 Å². The predicted molar refractivity (Wildman–Crippen MR) is 110 cm³/mol. The highest BCUT2D eigenvalue weighted by atomic mass is 32.2. The molecule has 1 fully saturated rings. The fourth-order valence-corrected chi connectivity index (χ4v) is 5.14. The number of likely N-dealkylation sites (tertiary alicyclic amines) is 1. The fourth-order valence-electron chi connectivity index (χ4n) is 3.61. The molecule has 0 spiro atoms. The normalized spacial score (nSPS) is 15.5. The molecule has 1 aliphatic rings. The van der Waals surface area contributed by atoms with Crippen molar-refractivity contribution in [3.8, 4) is 0 Å². The summed E-state index contributed by atoms with van der Waals surface area (Å²) in [6.45, 7) is 5.61. The average Bonchev–Trinajstić information content (AvgIpc) is 2.71. The monoisotopic (exact) mass is 408 g/mol. The third kappa shape index (κ3) is 5.34. The molecule has 0 aliphatic carbocycles. The zero-order chi connectivity index (χ0) is 20.7. The van der Waals surface area contributed by atoms with Gasteiger partial charge in [-0.05, 0) is 37.8 Å². The van der Waals surface area contributed by atoms with Crippen LogP contribution >= 0.6 is 0 Å². The van der Waals surface area contributed by atoms with Crippen molar-refractivity contribution >= 4 is 21.7 Å². The van der Waals surface area contributed by atoms with E-state index in [9.17, 15) is 18.0 Å². The van der Waals surface area contributed by atoms with Gasteiger partial charge in [-0.2, -0.15) is 0 Å². The minimum Gasteiger partial charge on any atom is -0.346 e. The molecule has 0 bridgehead atoms. The number of benzene rings is 1. The Bertz CT molecular complexity index is 783. The maximum absolute atomic E-state index is 13.0. The number of carbonyl (C=O) groups excluding carboxylic acids is 2. The van der Waals surface area contributed by atoms with E-state index in [0.717, 1.165) is 19.4 Å². The van der Waals surface area contributed by atoms with Crippen molar-refractivity contribution in [2.24, 2.45) is 5.92 Å². The van der Waals surface area contributed by atoms with Crippen molar-refractivity contribution in [2.75, 3.05) is 32.4 Å². The molecule has 0 aromatic heterocycles. The quantitative estimate of drug-likeness (QED) is 0.663. The number of unbranched alkanes of at least 4 members (excludes halogenated alkanes) is 1. The van der Waals surface area contributed by atoms with Crippen molar-refractivity contribution in [3.63, 3.8) is 0 Å². The van der Waals surface area contributed by atoms with E-state index in [2.05, 4.69) is 6.92 Å². The van der Waals surface area contributed by atoms with E-state index in [1.165, 1.54) is 6.07 Å². The molecule has 0 atom stereocenters. The molecule has 1 aliphatic heterocycles. The van der Waals surface area contributed by atoms with Gasteiger partial charge in [0, 0.05) is 32.6 Å². The van der Waals surface area contributed by atoms with Crippen LogP contribution in [-0.4, -0.2) is 62.5 Å². The summed E-state index contributed by atoms with van der Waals surface area (Å²) in [6, 6.07) is 6.44. The average molecular weight is 409 g/mol. The molecule has 0 N–H and O–H groups in total. The number of sulfone groups is 1. The lowest BCUT2D eigenvalue weighted by Gasteiger charge is -2.33. The summed E-state index contributed by atoms with van der Waals surface area (Å²) in [7, 11) is -1.64. The van der Waals surface area contributed by atoms with E-state index in [1.54, 1.807) is 34.9 Å². The fraction of sp³-hybridized carbons (Fsp3) is 0.619. The van der Waals surface area contributed by atoms with Gasteiger partial charge in [0.25, 0.3) is 5.91 Å². The highest BCUT2D eigenvalue weighted by molar-refractivity contribution is 7.91. The number of rotatable bonds is 8. The molecule has 156 valence electrons. The van der Waals surface area contributed by atoms with Crippen LogP contribution in [0.2, 0.25) is 0 Å². The molecule has 0 radical (unpaired) electrons. The maximum Gasteiger partial charge on any atom is 0.255 e. The Kier molecular flexibility index (Phi) is 8.04. The third-order valence-electron chi connectivity index (χ3n) is 5.28. The van der Waals surface area contributed by atoms with Gasteiger partial charge in [-0.15, -0.1) is 0 Å². The standard InChI is InChI=1S/C21H32N2O4S/c1-4-6-13-22(3)20(24)17-11-14-23(15-12-17)21(25)18-9-7-8-10-19(18)28(26,27)16-5-2/h7-10,17H,4-6,11-16H2,1-3H3. The van der Waals surface area contributed by atoms with Gasteiger partial charge in [-0.25, -0.2) is 8.42 Å². The molecule has 1 heterocycles. The van der Waals surface area contributed by atoms with E-state index in [0.29, 0.717) is 32.4 Å². The van der Waals surface area contributed by atoms with Gasteiger partial charge < -0.3 is 9.80 Å². The first kappa shape index (κ1) is 22.4. The third-order valence-corrected chi connectivity index (χ3v) is 7.25. The highest BCUT2D eigenvalue weighted by Gasteiger charge is 2.31. The Morgan fingerprint density at radius 1 is 1.11 bits per heavy atom. The topological polar surface area (TPSA) is 74.8 Å². The summed E-state index contributed by atoms with van der Waals surface area (Å²) in [5, 5.41) is 0. The maximum atomic E-state index is 13.0. The number of hydrogen-bond donors (Lipinski definition) is 0. The molecular weight excluding hydrogens is 376 g/mol. The van der Waals surface area contributed by atoms with Gasteiger partial charge in [-0.1, -0.05) is 32.4 Å². The Morgan fingerprint density at radius 3 is 2.36 bits per heavy atom. The lowest BCUT2D eigenvalue weighted by atomic mass is 9.94. The number of nitrogens with zero attached hydrogens (tertiary/aromatic N) is 2. The minimum atomic E-state index is -3.48. The van der Waals surface area contributed by atoms with Crippen LogP contribution in [0.15, 0.2) is 29.2 Å². The SMILES string of the molecule is CCCCN(C)C(=O)C1CCN(C(=O)c2ccccc2S(=O)(=O)CCC)CC1. The Hall–Kier alpha value is -1.89. The van der Waals surface area contributed by atoms with Crippen LogP contribution < -0.4 is 0 Å². The van der Waals surface area contributed by atoms with Gasteiger partial charge in [0.05, 0.1) is 16.2 Å². The smallest absolute Gasteiger partial charge is 0.255 e. The first-order chi connectivity index (χ1) is 13.3. The Balaban J connectivity index is 2.06. The van der Waals surface area contributed by atoms with Crippen molar-refractivity contribution < 1.29 is 18.0 Å². The summed E-state index contributed by atoms with van der Waals surface area (Å²) >= 11 is 0. The van der Waals surface area contributed by atoms with Gasteiger partial charge in [0.15, 0.2) is 9.84 Å². The summed E-state index contributed by atoms with van der Waals surface area (Å²) in [6.07, 6.45) is 3.77. The summed E-state index contributed by atoms with van der Waals surface area (Å²) in [4.78, 5) is 29.1. The van der Waals surface area contributed by atoms with E-state index in [-0.39, 0.29) is 33.9 Å². The molecule has 1 aromatic carbocycles. The summed E-state index contributed by atoms with van der Waals surface area (Å²) in [5.41, 5.74) is 0.237. The molecule has 6 nitrogen and oxygen atoms in total. The first-order valence-electron chi connectivity index (χ1n) is 10.2. The Labute approximate surface area is 168 Å². The second-order valence-corrected chi connectivity index (χ2v) is 9.57. The van der Waals surface area contributed by atoms with Crippen molar-refractivity contribution in [1.82, 2.24) is 9.80 Å². The van der Waals surface area contributed by atoms with Gasteiger partial charge >= 0.3 is 0 Å². The zero-order valence-electron chi connectivity index (χ0n) is 17.2. The highest BCUT2D eigenvalue weighted by Crippen LogP contribution is 2.24. The van der Waals surface area contributed by atoms with Crippen molar-refractivity contribution in [3.05, 3.63) is 29.8 Å². The zero-order valence-corrected chi connectivity index (χ0v) is 18.0. The number of piperidine rings is 1. The van der Waals surface area contributed by atoms with Crippen LogP contribution in [-0.2, 0) is 14.6 Å². The van der Waals surface area contributed by atoms with Crippen molar-refractivity contribution in [2.45, 2.75) is 50.8 Å². The first-order valence-corrected chi connectivity index (χ1v) is 11.8. The molecule has 2 rings (SSSR count). The number of carbonyl (C=O) groups is 2. The van der Waals surface area contributed by atoms with Crippen LogP contribution in [0.4, 0.5) is 0 Å². The van der Waals surface area contributed by atoms with Gasteiger partial charge in [0.2, 0.25) is 5.91 Å². The van der Waals surface area contributed by atoms with Gasteiger partial charge in [0.1, 0.15) is 0 Å². The summed E-state index contributed by atoms with van der Waals surface area (Å²) in [5.74, 6) is -0.158. The van der Waals surface area contributed by atoms with Gasteiger partial charge in [-0.3, -0.25) is 9.59 Å². The lowest BCUT2D eigenvalue weighted by molar-refractivity contribution is -0.135. The van der Waals surface area contributed by atoms with Crippen LogP contribution in [0.3, 0.4) is 0 Å². The van der Waals surface area contributed by atoms with Crippen LogP contribution in [0.1, 0.15) is 56.3 Å². The van der Waals surface area contributed by atoms with Crippen LogP contribution in [0, 0.1) is 5.92 Å². The second kappa shape index (κ2) is 10.0. The van der Waals surface area contributed by atoms with Crippen LogP contribution in [0.5, 0.6) is 0 Å². The molecule has 2 amide bonds. The lowest BCUT2D eigenvalue weighted by Crippen LogP contribution is -2.44. The van der Waals surface area contributed by atoms with E-state index in [4.69, 9.17) is 0 Å². The molecule has 0 saturated carbocycles. The summed E-state index contributed by atoms with van der Waals surface area (Å²) < 4.78 is 25.0. The van der Waals surface area contributed by atoms with E-state index >= 15 is 0 Å². The Morgan fingerprint density at radius 2 is 1.75 bits per heavy atom.